The van der Waals surface area contributed by atoms with E-state index >= 15 is 0 Å². The van der Waals surface area contributed by atoms with Crippen molar-refractivity contribution in [3.8, 4) is 0 Å². The zero-order valence-electron chi connectivity index (χ0n) is 16.9. The van der Waals surface area contributed by atoms with Gasteiger partial charge in [0, 0.05) is 19.2 Å². The second kappa shape index (κ2) is 7.92. The Morgan fingerprint density at radius 1 is 1.14 bits per heavy atom. The molecule has 2 aromatic carbocycles. The SMILES string of the molecule is CCC(C)c1ccc(C=CC(=O)N2CCC3(CC2)OCc2ccccc23)cc1. The van der Waals surface area contributed by atoms with Crippen LogP contribution in [0, 0.1) is 0 Å². The smallest absolute Gasteiger partial charge is 0.246 e. The predicted molar refractivity (Wildman–Crippen MR) is 113 cm³/mol. The predicted octanol–water partition coefficient (Wildman–Crippen LogP) is 5.26. The third-order valence-corrected chi connectivity index (χ3v) is 6.43. The van der Waals surface area contributed by atoms with Crippen molar-refractivity contribution in [3.63, 3.8) is 0 Å². The largest absolute Gasteiger partial charge is 0.365 e. The van der Waals surface area contributed by atoms with Gasteiger partial charge in [0.2, 0.25) is 5.91 Å². The van der Waals surface area contributed by atoms with Crippen molar-refractivity contribution in [2.45, 2.75) is 51.2 Å². The average molecular weight is 376 g/mol. The van der Waals surface area contributed by atoms with E-state index in [1.165, 1.54) is 16.7 Å². The fraction of sp³-hybridized carbons (Fsp3) is 0.400. The van der Waals surface area contributed by atoms with Crippen LogP contribution in [0.4, 0.5) is 0 Å². The van der Waals surface area contributed by atoms with E-state index in [-0.39, 0.29) is 11.5 Å². The summed E-state index contributed by atoms with van der Waals surface area (Å²) in [7, 11) is 0. The van der Waals surface area contributed by atoms with Crippen molar-refractivity contribution in [2.75, 3.05) is 13.1 Å². The summed E-state index contributed by atoms with van der Waals surface area (Å²) in [6.45, 7) is 6.62. The number of piperidine rings is 1. The van der Waals surface area contributed by atoms with Crippen LogP contribution in [-0.4, -0.2) is 23.9 Å². The fourth-order valence-electron chi connectivity index (χ4n) is 4.33. The van der Waals surface area contributed by atoms with Gasteiger partial charge in [-0.05, 0) is 53.5 Å². The number of hydrogen-bond acceptors (Lipinski definition) is 2. The molecule has 0 bridgehead atoms. The van der Waals surface area contributed by atoms with E-state index in [4.69, 9.17) is 4.74 Å². The van der Waals surface area contributed by atoms with Gasteiger partial charge in [0.25, 0.3) is 0 Å². The molecule has 1 amide bonds. The Morgan fingerprint density at radius 3 is 2.57 bits per heavy atom. The van der Waals surface area contributed by atoms with Crippen LogP contribution >= 0.6 is 0 Å². The Hall–Kier alpha value is -2.39. The van der Waals surface area contributed by atoms with E-state index in [1.54, 1.807) is 6.08 Å². The molecule has 1 spiro atoms. The van der Waals surface area contributed by atoms with Gasteiger partial charge in [0.1, 0.15) is 0 Å². The van der Waals surface area contributed by atoms with Gasteiger partial charge in [0.05, 0.1) is 12.2 Å². The maximum Gasteiger partial charge on any atom is 0.246 e. The highest BCUT2D eigenvalue weighted by Gasteiger charge is 2.42. The molecule has 3 heteroatoms. The summed E-state index contributed by atoms with van der Waals surface area (Å²) in [6, 6.07) is 17.0. The molecule has 0 saturated carbocycles. The average Bonchev–Trinajstić information content (AvgIpc) is 3.10. The summed E-state index contributed by atoms with van der Waals surface area (Å²) >= 11 is 0. The lowest BCUT2D eigenvalue weighted by Gasteiger charge is -2.39. The number of carbonyl (C=O) groups is 1. The number of ether oxygens (including phenoxy) is 1. The van der Waals surface area contributed by atoms with Crippen LogP contribution in [0.25, 0.3) is 6.08 Å². The molecule has 2 aliphatic heterocycles. The molecule has 1 unspecified atom stereocenters. The normalized spacial score (nSPS) is 19.1. The number of amides is 1. The molecule has 2 aromatic rings. The zero-order valence-corrected chi connectivity index (χ0v) is 16.9. The van der Waals surface area contributed by atoms with Crippen molar-refractivity contribution in [3.05, 3.63) is 76.9 Å². The summed E-state index contributed by atoms with van der Waals surface area (Å²) in [6.07, 6.45) is 6.51. The highest BCUT2D eigenvalue weighted by molar-refractivity contribution is 5.91. The lowest BCUT2D eigenvalue weighted by Crippen LogP contribution is -2.44. The number of hydrogen-bond donors (Lipinski definition) is 0. The third-order valence-electron chi connectivity index (χ3n) is 6.43. The van der Waals surface area contributed by atoms with Crippen LogP contribution in [0.15, 0.2) is 54.6 Å². The molecule has 2 aliphatic rings. The van der Waals surface area contributed by atoms with Gasteiger partial charge in [-0.25, -0.2) is 0 Å². The second-order valence-corrected chi connectivity index (χ2v) is 8.07. The van der Waals surface area contributed by atoms with E-state index in [9.17, 15) is 4.79 Å². The first-order valence-electron chi connectivity index (χ1n) is 10.4. The highest BCUT2D eigenvalue weighted by atomic mass is 16.5. The van der Waals surface area contributed by atoms with Gasteiger partial charge in [-0.2, -0.15) is 0 Å². The van der Waals surface area contributed by atoms with Crippen LogP contribution in [0.3, 0.4) is 0 Å². The first kappa shape index (κ1) is 18.9. The summed E-state index contributed by atoms with van der Waals surface area (Å²) in [5, 5.41) is 0. The van der Waals surface area contributed by atoms with Gasteiger partial charge in [-0.15, -0.1) is 0 Å². The number of fused-ring (bicyclic) bond motifs is 2. The lowest BCUT2D eigenvalue weighted by molar-refractivity contribution is -0.133. The van der Waals surface area contributed by atoms with Gasteiger partial charge in [-0.1, -0.05) is 62.4 Å². The van der Waals surface area contributed by atoms with Crippen LogP contribution in [0.2, 0.25) is 0 Å². The molecule has 1 saturated heterocycles. The van der Waals surface area contributed by atoms with Crippen LogP contribution in [0.1, 0.15) is 61.3 Å². The third kappa shape index (κ3) is 3.64. The maximum atomic E-state index is 12.6. The van der Waals surface area contributed by atoms with Crippen molar-refractivity contribution >= 4 is 12.0 Å². The first-order chi connectivity index (χ1) is 13.6. The number of likely N-dealkylation sites (tertiary alicyclic amines) is 1. The van der Waals surface area contributed by atoms with Crippen LogP contribution < -0.4 is 0 Å². The van der Waals surface area contributed by atoms with Crippen LogP contribution in [-0.2, 0) is 21.7 Å². The van der Waals surface area contributed by atoms with Crippen molar-refractivity contribution in [1.29, 1.82) is 0 Å². The fourth-order valence-corrected chi connectivity index (χ4v) is 4.33. The molecule has 3 nitrogen and oxygen atoms in total. The molecule has 0 N–H and O–H groups in total. The standard InChI is InChI=1S/C25H29NO2/c1-3-19(2)21-11-8-20(9-12-21)10-13-24(27)26-16-14-25(15-17-26)23-7-5-4-6-22(23)18-28-25/h4-13,19H,3,14-18H2,1-2H3. The quantitative estimate of drug-likeness (QED) is 0.682. The minimum Gasteiger partial charge on any atom is -0.365 e. The topological polar surface area (TPSA) is 29.5 Å². The summed E-state index contributed by atoms with van der Waals surface area (Å²) < 4.78 is 6.19. The molecule has 0 aromatic heterocycles. The summed E-state index contributed by atoms with van der Waals surface area (Å²) in [5.41, 5.74) is 4.84. The Kier molecular flexibility index (Phi) is 5.36. The van der Waals surface area contributed by atoms with E-state index in [1.807, 2.05) is 11.0 Å². The number of carbonyl (C=O) groups excluding carboxylic acids is 1. The van der Waals surface area contributed by atoms with Crippen molar-refractivity contribution in [2.24, 2.45) is 0 Å². The Morgan fingerprint density at radius 2 is 1.86 bits per heavy atom. The first-order valence-corrected chi connectivity index (χ1v) is 10.4. The number of rotatable bonds is 4. The molecule has 0 radical (unpaired) electrons. The molecule has 4 rings (SSSR count). The second-order valence-electron chi connectivity index (χ2n) is 8.07. The van der Waals surface area contributed by atoms with E-state index in [0.29, 0.717) is 12.5 Å². The van der Waals surface area contributed by atoms with E-state index in [0.717, 1.165) is 37.9 Å². The lowest BCUT2D eigenvalue weighted by atomic mass is 9.84. The molecule has 1 fully saturated rings. The molecule has 28 heavy (non-hydrogen) atoms. The summed E-state index contributed by atoms with van der Waals surface area (Å²) in [4.78, 5) is 14.6. The zero-order chi connectivity index (χ0) is 19.6. The number of benzene rings is 2. The highest BCUT2D eigenvalue weighted by Crippen LogP contribution is 2.43. The Balaban J connectivity index is 1.36. The monoisotopic (exact) mass is 375 g/mol. The maximum absolute atomic E-state index is 12.6. The van der Waals surface area contributed by atoms with Gasteiger partial charge in [-0.3, -0.25) is 4.79 Å². The minimum absolute atomic E-state index is 0.0899. The molecule has 0 aliphatic carbocycles. The van der Waals surface area contributed by atoms with Crippen LogP contribution in [0.5, 0.6) is 0 Å². The van der Waals surface area contributed by atoms with Gasteiger partial charge in [0.15, 0.2) is 0 Å². The Bertz CT molecular complexity index is 860. The van der Waals surface area contributed by atoms with Gasteiger partial charge >= 0.3 is 0 Å². The molecular weight excluding hydrogens is 346 g/mol. The molecule has 1 atom stereocenters. The van der Waals surface area contributed by atoms with E-state index < -0.39 is 0 Å². The van der Waals surface area contributed by atoms with E-state index in [2.05, 4.69) is 62.4 Å². The summed E-state index contributed by atoms with van der Waals surface area (Å²) in [5.74, 6) is 0.662. The van der Waals surface area contributed by atoms with Crippen molar-refractivity contribution < 1.29 is 9.53 Å². The molecule has 146 valence electrons. The Labute approximate surface area is 168 Å². The van der Waals surface area contributed by atoms with Gasteiger partial charge < -0.3 is 9.64 Å². The number of nitrogens with zero attached hydrogens (tertiary/aromatic N) is 1. The minimum atomic E-state index is -0.192. The molecule has 2 heterocycles. The molecular formula is C25H29NO2. The van der Waals surface area contributed by atoms with Crippen molar-refractivity contribution in [1.82, 2.24) is 4.90 Å².